The maximum atomic E-state index is 12.6. The van der Waals surface area contributed by atoms with Crippen LogP contribution in [0, 0.1) is 0 Å². The number of nitrogens with one attached hydrogen (secondary N) is 2. The molecule has 3 atom stereocenters. The number of carbonyl (C=O) groups is 2. The van der Waals surface area contributed by atoms with E-state index in [0.717, 1.165) is 39.8 Å². The number of carbonyl (C=O) groups excluding carboxylic acids is 2. The fourth-order valence-corrected chi connectivity index (χ4v) is 6.92. The smallest absolute Gasteiger partial charge is 0.224 e. The second kappa shape index (κ2) is 19.1. The Bertz CT molecular complexity index is 1930. The van der Waals surface area contributed by atoms with E-state index in [0.29, 0.717) is 60.9 Å². The highest BCUT2D eigenvalue weighted by molar-refractivity contribution is 7.99. The van der Waals surface area contributed by atoms with Crippen molar-refractivity contribution in [2.75, 3.05) is 16.8 Å². The number of nitrogen functional groups attached to an aromatic ring is 1. The SMILES string of the molecule is Nc1ccccc1NC(=O)CCCCCC(=O)NCc1cccc(-c2ccc(C3OC(CSc4ncccn4)CC(c4ccc(CO)cc4)O3)cc2)c1. The minimum absolute atomic E-state index is 0.00523. The summed E-state index contributed by atoms with van der Waals surface area (Å²) in [7, 11) is 0. The Hall–Kier alpha value is -5.07. The van der Waals surface area contributed by atoms with Gasteiger partial charge in [-0.3, -0.25) is 9.59 Å². The summed E-state index contributed by atoms with van der Waals surface area (Å²) in [6.07, 6.45) is 6.32. The third kappa shape index (κ3) is 11.2. The molecule has 5 aromatic rings. The predicted molar refractivity (Wildman–Crippen MR) is 207 cm³/mol. The van der Waals surface area contributed by atoms with Crippen molar-refractivity contribution in [2.24, 2.45) is 0 Å². The molecule has 4 aromatic carbocycles. The zero-order valence-electron chi connectivity index (χ0n) is 29.5. The van der Waals surface area contributed by atoms with Gasteiger partial charge in [0.15, 0.2) is 11.4 Å². The molecule has 0 aliphatic carbocycles. The van der Waals surface area contributed by atoms with Crippen molar-refractivity contribution in [3.63, 3.8) is 0 Å². The zero-order chi connectivity index (χ0) is 36.8. The second-order valence-corrected chi connectivity index (χ2v) is 14.0. The van der Waals surface area contributed by atoms with E-state index in [9.17, 15) is 14.7 Å². The lowest BCUT2D eigenvalue weighted by atomic mass is 9.99. The summed E-state index contributed by atoms with van der Waals surface area (Å²) in [6, 6.07) is 33.2. The van der Waals surface area contributed by atoms with E-state index in [2.05, 4.69) is 44.9 Å². The van der Waals surface area contributed by atoms with Gasteiger partial charge in [-0.15, -0.1) is 0 Å². The van der Waals surface area contributed by atoms with Crippen LogP contribution < -0.4 is 16.4 Å². The Morgan fingerprint density at radius 2 is 1.51 bits per heavy atom. The summed E-state index contributed by atoms with van der Waals surface area (Å²) >= 11 is 1.56. The van der Waals surface area contributed by atoms with E-state index in [1.807, 2.05) is 60.7 Å². The van der Waals surface area contributed by atoms with Crippen LogP contribution in [0.5, 0.6) is 0 Å². The van der Waals surface area contributed by atoms with Crippen LogP contribution in [-0.2, 0) is 32.2 Å². The molecular weight excluding hydrogens is 687 g/mol. The van der Waals surface area contributed by atoms with Gasteiger partial charge in [0, 0.05) is 49.5 Å². The summed E-state index contributed by atoms with van der Waals surface area (Å²) in [5.41, 5.74) is 13.0. The molecule has 5 N–H and O–H groups in total. The van der Waals surface area contributed by atoms with E-state index in [-0.39, 0.29) is 30.6 Å². The van der Waals surface area contributed by atoms with Crippen LogP contribution in [-0.4, -0.2) is 38.7 Å². The third-order valence-electron chi connectivity index (χ3n) is 9.03. The third-order valence-corrected chi connectivity index (χ3v) is 10.0. The van der Waals surface area contributed by atoms with Gasteiger partial charge < -0.3 is 30.9 Å². The molecule has 1 aromatic heterocycles. The minimum Gasteiger partial charge on any atom is -0.397 e. The highest BCUT2D eigenvalue weighted by Gasteiger charge is 2.32. The van der Waals surface area contributed by atoms with E-state index in [1.54, 1.807) is 42.4 Å². The number of para-hydroxylation sites is 2. The normalized spacial score (nSPS) is 16.9. The number of nitrogens with two attached hydrogens (primary N) is 1. The number of rotatable bonds is 16. The fraction of sp³-hybridized carbons (Fsp3) is 0.286. The Morgan fingerprint density at radius 1 is 0.774 bits per heavy atom. The number of thioether (sulfide) groups is 1. The van der Waals surface area contributed by atoms with Crippen molar-refractivity contribution < 1.29 is 24.2 Å². The van der Waals surface area contributed by atoms with Gasteiger partial charge in [-0.25, -0.2) is 9.97 Å². The molecule has 1 aliphatic heterocycles. The molecule has 1 saturated heterocycles. The molecule has 0 radical (unpaired) electrons. The number of unbranched alkanes of at least 4 members (excludes halogenated alkanes) is 2. The molecule has 274 valence electrons. The fourth-order valence-electron chi connectivity index (χ4n) is 6.10. The van der Waals surface area contributed by atoms with Crippen LogP contribution in [0.4, 0.5) is 11.4 Å². The maximum absolute atomic E-state index is 12.6. The van der Waals surface area contributed by atoms with Crippen LogP contribution in [0.25, 0.3) is 11.1 Å². The summed E-state index contributed by atoms with van der Waals surface area (Å²) in [5, 5.41) is 16.1. The van der Waals surface area contributed by atoms with Crippen molar-refractivity contribution in [2.45, 2.75) is 75.3 Å². The van der Waals surface area contributed by atoms with Crippen molar-refractivity contribution in [1.29, 1.82) is 0 Å². The average molecular weight is 732 g/mol. The topological polar surface area (TPSA) is 149 Å². The van der Waals surface area contributed by atoms with Gasteiger partial charge in [-0.05, 0) is 64.9 Å². The Morgan fingerprint density at radius 3 is 2.26 bits per heavy atom. The largest absolute Gasteiger partial charge is 0.397 e. The molecule has 6 rings (SSSR count). The molecule has 0 spiro atoms. The standard InChI is InChI=1S/C42H45N5O5S/c43-36-10-4-5-11-37(36)47-40(50)13-3-1-2-12-39(49)46-26-30-8-6-9-34(24-30)31-18-20-33(21-19-31)41-51-35(28-53-42-44-22-7-23-45-42)25-38(52-41)32-16-14-29(27-48)15-17-32/h4-11,14-24,35,38,41,48H,1-3,12-13,25-28,43H2,(H,46,49)(H,47,50). The highest BCUT2D eigenvalue weighted by atomic mass is 32.2. The molecule has 2 amide bonds. The first-order valence-corrected chi connectivity index (χ1v) is 18.9. The Balaban J connectivity index is 0.996. The Labute approximate surface area is 314 Å². The molecule has 1 fully saturated rings. The van der Waals surface area contributed by atoms with Gasteiger partial charge in [0.1, 0.15) is 0 Å². The van der Waals surface area contributed by atoms with Crippen LogP contribution >= 0.6 is 11.8 Å². The number of anilines is 2. The number of ether oxygens (including phenoxy) is 2. The number of benzene rings is 4. The van der Waals surface area contributed by atoms with Crippen LogP contribution in [0.1, 0.15) is 73.2 Å². The number of aromatic nitrogens is 2. The highest BCUT2D eigenvalue weighted by Crippen LogP contribution is 2.39. The Kier molecular flexibility index (Phi) is 13.6. The molecule has 0 bridgehead atoms. The average Bonchev–Trinajstić information content (AvgIpc) is 3.20. The van der Waals surface area contributed by atoms with E-state index in [4.69, 9.17) is 15.2 Å². The van der Waals surface area contributed by atoms with Crippen molar-refractivity contribution in [3.05, 3.63) is 138 Å². The first kappa shape index (κ1) is 37.7. The lowest BCUT2D eigenvalue weighted by Crippen LogP contribution is -2.31. The second-order valence-electron chi connectivity index (χ2n) is 13.0. The maximum Gasteiger partial charge on any atom is 0.224 e. The number of amides is 2. The van der Waals surface area contributed by atoms with Gasteiger partial charge in [-0.1, -0.05) is 97.0 Å². The van der Waals surface area contributed by atoms with Crippen LogP contribution in [0.3, 0.4) is 0 Å². The first-order valence-electron chi connectivity index (χ1n) is 17.9. The summed E-state index contributed by atoms with van der Waals surface area (Å²) in [4.78, 5) is 33.5. The summed E-state index contributed by atoms with van der Waals surface area (Å²) < 4.78 is 13.0. The van der Waals surface area contributed by atoms with Crippen molar-refractivity contribution >= 4 is 35.0 Å². The monoisotopic (exact) mass is 731 g/mol. The molecule has 11 heteroatoms. The predicted octanol–water partition coefficient (Wildman–Crippen LogP) is 7.76. The lowest BCUT2D eigenvalue weighted by molar-refractivity contribution is -0.245. The van der Waals surface area contributed by atoms with Gasteiger partial charge in [0.2, 0.25) is 11.8 Å². The quantitative estimate of drug-likeness (QED) is 0.0346. The lowest BCUT2D eigenvalue weighted by Gasteiger charge is -2.36. The molecule has 3 unspecified atom stereocenters. The van der Waals surface area contributed by atoms with Gasteiger partial charge in [0.05, 0.1) is 30.2 Å². The summed E-state index contributed by atoms with van der Waals surface area (Å²) in [5.74, 6) is 0.594. The van der Waals surface area contributed by atoms with Gasteiger partial charge in [-0.2, -0.15) is 0 Å². The molecule has 53 heavy (non-hydrogen) atoms. The number of hydrogen-bond acceptors (Lipinski definition) is 9. The van der Waals surface area contributed by atoms with E-state index >= 15 is 0 Å². The summed E-state index contributed by atoms with van der Waals surface area (Å²) in [6.45, 7) is 0.429. The molecule has 10 nitrogen and oxygen atoms in total. The molecule has 1 aliphatic rings. The minimum atomic E-state index is -0.560. The van der Waals surface area contributed by atoms with E-state index < -0.39 is 6.29 Å². The first-order chi connectivity index (χ1) is 25.9. The van der Waals surface area contributed by atoms with Crippen molar-refractivity contribution in [3.8, 4) is 11.1 Å². The number of hydrogen-bond donors (Lipinski definition) is 4. The van der Waals surface area contributed by atoms with Gasteiger partial charge in [0.25, 0.3) is 0 Å². The van der Waals surface area contributed by atoms with Crippen LogP contribution in [0.2, 0.25) is 0 Å². The number of aliphatic hydroxyl groups is 1. The zero-order valence-corrected chi connectivity index (χ0v) is 30.3. The van der Waals surface area contributed by atoms with Crippen LogP contribution in [0.15, 0.2) is 121 Å². The van der Waals surface area contributed by atoms with Crippen molar-refractivity contribution in [1.82, 2.24) is 15.3 Å². The van der Waals surface area contributed by atoms with E-state index in [1.165, 1.54) is 0 Å². The molecule has 0 saturated carbocycles. The number of aliphatic hydroxyl groups excluding tert-OH is 1. The van der Waals surface area contributed by atoms with Gasteiger partial charge >= 0.3 is 0 Å². The molecular formula is C42H45N5O5S. The molecule has 2 heterocycles. The number of nitrogens with zero attached hydrogens (tertiary/aromatic N) is 2.